The maximum absolute atomic E-state index is 12.5. The molecule has 1 atom stereocenters. The lowest BCUT2D eigenvalue weighted by atomic mass is 10.2. The summed E-state index contributed by atoms with van der Waals surface area (Å²) in [6.45, 7) is 4.46. The van der Waals surface area contributed by atoms with Crippen LogP contribution in [-0.4, -0.2) is 69.4 Å². The first-order valence-electron chi connectivity index (χ1n) is 7.72. The standard InChI is InChI=1S/C14H20N6O3S/c1-10-15-11(9-24-10)7-13(21)19-3-6-23-12(8-19)14-16-17-18-20(14)4-5-22-2/h9,12H,3-8H2,1-2H3. The normalized spacial score (nSPS) is 18.1. The van der Waals surface area contributed by atoms with Crippen LogP contribution in [-0.2, 0) is 27.2 Å². The van der Waals surface area contributed by atoms with Crippen LogP contribution in [0.15, 0.2) is 5.38 Å². The van der Waals surface area contributed by atoms with Gasteiger partial charge in [0.1, 0.15) is 6.10 Å². The van der Waals surface area contributed by atoms with Crippen LogP contribution < -0.4 is 0 Å². The third-order valence-corrected chi connectivity index (χ3v) is 4.60. The molecule has 1 aliphatic heterocycles. The molecule has 0 aliphatic carbocycles. The molecular formula is C14H20N6O3S. The molecule has 0 spiro atoms. The third kappa shape index (κ3) is 3.94. The Bertz CT molecular complexity index is 688. The van der Waals surface area contributed by atoms with Gasteiger partial charge in [0, 0.05) is 19.0 Å². The Morgan fingerprint density at radius 3 is 3.17 bits per heavy atom. The number of morpholine rings is 1. The number of aromatic nitrogens is 5. The number of amides is 1. The number of thiazole rings is 1. The van der Waals surface area contributed by atoms with Crippen LogP contribution in [0, 0.1) is 6.92 Å². The predicted molar refractivity (Wildman–Crippen MR) is 85.5 cm³/mol. The molecule has 0 N–H and O–H groups in total. The van der Waals surface area contributed by atoms with E-state index in [1.807, 2.05) is 12.3 Å². The first-order chi connectivity index (χ1) is 11.7. The van der Waals surface area contributed by atoms with Crippen molar-refractivity contribution in [3.8, 4) is 0 Å². The first kappa shape index (κ1) is 16.9. The highest BCUT2D eigenvalue weighted by molar-refractivity contribution is 7.09. The Labute approximate surface area is 143 Å². The monoisotopic (exact) mass is 352 g/mol. The molecule has 24 heavy (non-hydrogen) atoms. The highest BCUT2D eigenvalue weighted by Gasteiger charge is 2.29. The van der Waals surface area contributed by atoms with Gasteiger partial charge in [0.25, 0.3) is 0 Å². The van der Waals surface area contributed by atoms with Gasteiger partial charge in [0.15, 0.2) is 5.82 Å². The lowest BCUT2D eigenvalue weighted by Crippen LogP contribution is -2.43. The van der Waals surface area contributed by atoms with Gasteiger partial charge in [0.2, 0.25) is 5.91 Å². The molecule has 3 heterocycles. The highest BCUT2D eigenvalue weighted by atomic mass is 32.1. The van der Waals surface area contributed by atoms with Crippen molar-refractivity contribution in [2.24, 2.45) is 0 Å². The quantitative estimate of drug-likeness (QED) is 0.734. The Morgan fingerprint density at radius 2 is 2.42 bits per heavy atom. The number of hydrogen-bond donors (Lipinski definition) is 0. The largest absolute Gasteiger partial charge is 0.383 e. The van der Waals surface area contributed by atoms with Gasteiger partial charge in [0.05, 0.1) is 43.4 Å². The Kier molecular flexibility index (Phi) is 5.48. The Balaban J connectivity index is 1.63. The maximum atomic E-state index is 12.5. The third-order valence-electron chi connectivity index (χ3n) is 3.77. The summed E-state index contributed by atoms with van der Waals surface area (Å²) in [5.74, 6) is 0.665. The van der Waals surface area contributed by atoms with E-state index >= 15 is 0 Å². The number of tetrazole rings is 1. The number of nitrogens with zero attached hydrogens (tertiary/aromatic N) is 6. The molecule has 1 aliphatic rings. The first-order valence-corrected chi connectivity index (χ1v) is 8.60. The van der Waals surface area contributed by atoms with E-state index in [4.69, 9.17) is 9.47 Å². The summed E-state index contributed by atoms with van der Waals surface area (Å²) >= 11 is 1.55. The highest BCUT2D eigenvalue weighted by Crippen LogP contribution is 2.20. The zero-order chi connectivity index (χ0) is 16.9. The minimum Gasteiger partial charge on any atom is -0.383 e. The van der Waals surface area contributed by atoms with Crippen molar-refractivity contribution < 1.29 is 14.3 Å². The lowest BCUT2D eigenvalue weighted by Gasteiger charge is -2.32. The zero-order valence-corrected chi connectivity index (χ0v) is 14.5. The van der Waals surface area contributed by atoms with Crippen molar-refractivity contribution >= 4 is 17.2 Å². The van der Waals surface area contributed by atoms with Crippen LogP contribution in [0.5, 0.6) is 0 Å². The minimum atomic E-state index is -0.327. The number of carbonyl (C=O) groups excluding carboxylic acids is 1. The number of rotatable bonds is 6. The number of ether oxygens (including phenoxy) is 2. The zero-order valence-electron chi connectivity index (χ0n) is 13.7. The van der Waals surface area contributed by atoms with E-state index in [0.717, 1.165) is 10.7 Å². The smallest absolute Gasteiger partial charge is 0.228 e. The molecule has 1 fully saturated rings. The molecule has 1 unspecified atom stereocenters. The van der Waals surface area contributed by atoms with E-state index in [1.165, 1.54) is 0 Å². The fourth-order valence-electron chi connectivity index (χ4n) is 2.57. The second-order valence-corrected chi connectivity index (χ2v) is 6.55. The van der Waals surface area contributed by atoms with E-state index in [2.05, 4.69) is 20.5 Å². The molecule has 2 aromatic rings. The molecule has 9 nitrogen and oxygen atoms in total. The van der Waals surface area contributed by atoms with Gasteiger partial charge in [-0.05, 0) is 17.4 Å². The molecule has 0 radical (unpaired) electrons. The summed E-state index contributed by atoms with van der Waals surface area (Å²) in [4.78, 5) is 18.6. The fraction of sp³-hybridized carbons (Fsp3) is 0.643. The lowest BCUT2D eigenvalue weighted by molar-refractivity contribution is -0.138. The molecule has 10 heteroatoms. The average Bonchev–Trinajstić information content (AvgIpc) is 3.22. The van der Waals surface area contributed by atoms with Gasteiger partial charge in [-0.1, -0.05) is 0 Å². The predicted octanol–water partition coefficient (Wildman–Crippen LogP) is 0.227. The number of carbonyl (C=O) groups is 1. The van der Waals surface area contributed by atoms with Crippen LogP contribution in [0.1, 0.15) is 22.6 Å². The molecule has 2 aromatic heterocycles. The van der Waals surface area contributed by atoms with Gasteiger partial charge in [-0.3, -0.25) is 4.79 Å². The van der Waals surface area contributed by atoms with Crippen LogP contribution >= 0.6 is 11.3 Å². The van der Waals surface area contributed by atoms with E-state index in [0.29, 0.717) is 45.1 Å². The van der Waals surface area contributed by atoms with Crippen molar-refractivity contribution in [3.63, 3.8) is 0 Å². The average molecular weight is 352 g/mol. The van der Waals surface area contributed by atoms with Gasteiger partial charge in [-0.25, -0.2) is 9.67 Å². The SMILES string of the molecule is COCCn1nnnc1C1CN(C(=O)Cc2csc(C)n2)CCO1. The fourth-order valence-corrected chi connectivity index (χ4v) is 3.18. The summed E-state index contributed by atoms with van der Waals surface area (Å²) in [6.07, 6.45) is -0.0159. The van der Waals surface area contributed by atoms with Crippen molar-refractivity contribution in [3.05, 3.63) is 21.9 Å². The summed E-state index contributed by atoms with van der Waals surface area (Å²) in [5.41, 5.74) is 0.815. The second-order valence-electron chi connectivity index (χ2n) is 5.49. The summed E-state index contributed by atoms with van der Waals surface area (Å²) < 4.78 is 12.5. The Hall–Kier alpha value is -1.91. The topological polar surface area (TPSA) is 95.3 Å². The molecule has 1 amide bonds. The molecular weight excluding hydrogens is 332 g/mol. The van der Waals surface area contributed by atoms with Crippen LogP contribution in [0.25, 0.3) is 0 Å². The number of hydrogen-bond acceptors (Lipinski definition) is 8. The van der Waals surface area contributed by atoms with E-state index in [9.17, 15) is 4.79 Å². The van der Waals surface area contributed by atoms with Crippen molar-refractivity contribution in [2.45, 2.75) is 26.0 Å². The van der Waals surface area contributed by atoms with Crippen molar-refractivity contribution in [1.82, 2.24) is 30.1 Å². The Morgan fingerprint density at radius 1 is 1.54 bits per heavy atom. The second kappa shape index (κ2) is 7.77. The maximum Gasteiger partial charge on any atom is 0.228 e. The van der Waals surface area contributed by atoms with Gasteiger partial charge < -0.3 is 14.4 Å². The van der Waals surface area contributed by atoms with E-state index < -0.39 is 0 Å². The van der Waals surface area contributed by atoms with Crippen LogP contribution in [0.3, 0.4) is 0 Å². The molecule has 0 aromatic carbocycles. The van der Waals surface area contributed by atoms with E-state index in [1.54, 1.807) is 28.0 Å². The number of aryl methyl sites for hydroxylation is 1. The number of methoxy groups -OCH3 is 1. The van der Waals surface area contributed by atoms with Crippen molar-refractivity contribution in [2.75, 3.05) is 33.4 Å². The van der Waals surface area contributed by atoms with Gasteiger partial charge in [-0.2, -0.15) is 0 Å². The molecule has 130 valence electrons. The molecule has 1 saturated heterocycles. The molecule has 3 rings (SSSR count). The van der Waals surface area contributed by atoms with Gasteiger partial charge in [-0.15, -0.1) is 16.4 Å². The summed E-state index contributed by atoms with van der Waals surface area (Å²) in [5, 5.41) is 14.6. The van der Waals surface area contributed by atoms with Crippen LogP contribution in [0.4, 0.5) is 0 Å². The van der Waals surface area contributed by atoms with Crippen molar-refractivity contribution in [1.29, 1.82) is 0 Å². The molecule has 0 bridgehead atoms. The minimum absolute atomic E-state index is 0.0458. The summed E-state index contributed by atoms with van der Waals surface area (Å²) in [7, 11) is 1.63. The van der Waals surface area contributed by atoms with Gasteiger partial charge >= 0.3 is 0 Å². The molecule has 0 saturated carbocycles. The van der Waals surface area contributed by atoms with Crippen LogP contribution in [0.2, 0.25) is 0 Å². The summed E-state index contributed by atoms with van der Waals surface area (Å²) in [6, 6.07) is 0. The van der Waals surface area contributed by atoms with E-state index in [-0.39, 0.29) is 12.0 Å².